The van der Waals surface area contributed by atoms with Gasteiger partial charge in [-0.15, -0.1) is 0 Å². The van der Waals surface area contributed by atoms with E-state index in [0.717, 1.165) is 11.1 Å². The Hall–Kier alpha value is -3.72. The number of pyridine rings is 1. The molecular formula is C25H27F2N5O2. The number of ether oxygens (including phenoxy) is 1. The molecule has 0 unspecified atom stereocenters. The third-order valence-electron chi connectivity index (χ3n) is 5.80. The minimum atomic E-state index is -0.579. The van der Waals surface area contributed by atoms with Crippen molar-refractivity contribution in [1.29, 1.82) is 0 Å². The molecule has 2 heterocycles. The van der Waals surface area contributed by atoms with E-state index in [9.17, 15) is 13.6 Å². The number of hydrogen-bond acceptors (Lipinski definition) is 6. The number of carbonyl (C=O) groups is 1. The zero-order valence-electron chi connectivity index (χ0n) is 18.9. The number of amides is 1. The second-order valence-electron chi connectivity index (χ2n) is 7.98. The van der Waals surface area contributed by atoms with Crippen LogP contribution >= 0.6 is 0 Å². The summed E-state index contributed by atoms with van der Waals surface area (Å²) in [5, 5.41) is 2.58. The van der Waals surface area contributed by atoms with Crippen LogP contribution in [0.5, 0.6) is 0 Å². The number of benzene rings is 2. The highest BCUT2D eigenvalue weighted by Crippen LogP contribution is 2.31. The Morgan fingerprint density at radius 1 is 0.971 bits per heavy atom. The first-order chi connectivity index (χ1) is 16.4. The molecule has 0 aliphatic carbocycles. The second-order valence-corrected chi connectivity index (χ2v) is 7.98. The molecule has 2 aromatic carbocycles. The van der Waals surface area contributed by atoms with Crippen molar-refractivity contribution in [2.75, 3.05) is 48.7 Å². The molecule has 1 aliphatic rings. The van der Waals surface area contributed by atoms with Gasteiger partial charge in [-0.05, 0) is 54.4 Å². The van der Waals surface area contributed by atoms with Crippen LogP contribution in [0.25, 0.3) is 0 Å². The maximum Gasteiger partial charge on any atom is 0.411 e. The Bertz CT molecular complexity index is 1070. The van der Waals surface area contributed by atoms with Crippen molar-refractivity contribution in [1.82, 2.24) is 9.88 Å². The van der Waals surface area contributed by atoms with Crippen LogP contribution in [-0.2, 0) is 4.74 Å². The Morgan fingerprint density at radius 2 is 1.53 bits per heavy atom. The molecule has 0 atom stereocenters. The van der Waals surface area contributed by atoms with Crippen LogP contribution in [0.15, 0.2) is 60.7 Å². The van der Waals surface area contributed by atoms with E-state index in [1.165, 1.54) is 24.3 Å². The lowest BCUT2D eigenvalue weighted by molar-refractivity contribution is 0.168. The normalized spacial score (nSPS) is 14.3. The first-order valence-corrected chi connectivity index (χ1v) is 11.1. The summed E-state index contributed by atoms with van der Waals surface area (Å²) in [6, 6.07) is 16.3. The van der Waals surface area contributed by atoms with Crippen molar-refractivity contribution in [3.05, 3.63) is 83.4 Å². The van der Waals surface area contributed by atoms with Gasteiger partial charge < -0.3 is 15.4 Å². The van der Waals surface area contributed by atoms with E-state index in [1.807, 2.05) is 6.07 Å². The highest BCUT2D eigenvalue weighted by atomic mass is 19.1. The number of rotatable bonds is 6. The van der Waals surface area contributed by atoms with Crippen LogP contribution in [0, 0.1) is 11.6 Å². The first-order valence-electron chi connectivity index (χ1n) is 11.1. The largest absolute Gasteiger partial charge is 0.450 e. The maximum atomic E-state index is 13.5. The van der Waals surface area contributed by atoms with Crippen LogP contribution in [0.1, 0.15) is 24.1 Å². The van der Waals surface area contributed by atoms with E-state index < -0.39 is 6.09 Å². The minimum absolute atomic E-state index is 0.127. The van der Waals surface area contributed by atoms with Gasteiger partial charge in [0.1, 0.15) is 23.3 Å². The first kappa shape index (κ1) is 23.4. The number of halogens is 2. The average molecular weight is 468 g/mol. The summed E-state index contributed by atoms with van der Waals surface area (Å²) in [5.74, 6) is 0.335. The van der Waals surface area contributed by atoms with Crippen molar-refractivity contribution in [3.63, 3.8) is 0 Å². The third kappa shape index (κ3) is 5.43. The molecule has 178 valence electrons. The summed E-state index contributed by atoms with van der Waals surface area (Å²) in [6.07, 6.45) is -0.579. The zero-order chi connectivity index (χ0) is 24.1. The van der Waals surface area contributed by atoms with Crippen LogP contribution in [0.2, 0.25) is 0 Å². The molecule has 3 N–H and O–H groups in total. The fourth-order valence-electron chi connectivity index (χ4n) is 4.14. The second kappa shape index (κ2) is 10.5. The van der Waals surface area contributed by atoms with E-state index >= 15 is 0 Å². The lowest BCUT2D eigenvalue weighted by Crippen LogP contribution is -2.48. The average Bonchev–Trinajstić information content (AvgIpc) is 2.84. The van der Waals surface area contributed by atoms with Gasteiger partial charge >= 0.3 is 6.09 Å². The van der Waals surface area contributed by atoms with Crippen LogP contribution in [0.3, 0.4) is 0 Å². The van der Waals surface area contributed by atoms with Gasteiger partial charge in [-0.25, -0.2) is 18.6 Å². The highest BCUT2D eigenvalue weighted by molar-refractivity contribution is 5.88. The molecule has 9 heteroatoms. The molecule has 0 radical (unpaired) electrons. The Kier molecular flexibility index (Phi) is 7.22. The van der Waals surface area contributed by atoms with Crippen LogP contribution < -0.4 is 16.0 Å². The van der Waals surface area contributed by atoms with Gasteiger partial charge in [-0.2, -0.15) is 0 Å². The number of nitrogen functional groups attached to an aromatic ring is 1. The SMILES string of the molecule is CCOC(=O)Nc1ccc(N2CCN(C(c3ccc(F)cc3)c3ccc(F)cc3)CC2)nc1N. The van der Waals surface area contributed by atoms with E-state index in [2.05, 4.69) is 20.1 Å². The molecule has 7 nitrogen and oxygen atoms in total. The fourth-order valence-corrected chi connectivity index (χ4v) is 4.14. The quantitative estimate of drug-likeness (QED) is 0.558. The van der Waals surface area contributed by atoms with Crippen molar-refractivity contribution in [2.45, 2.75) is 13.0 Å². The van der Waals surface area contributed by atoms with Gasteiger partial charge in [-0.1, -0.05) is 24.3 Å². The zero-order valence-corrected chi connectivity index (χ0v) is 18.9. The number of nitrogens with zero attached hydrogens (tertiary/aromatic N) is 3. The number of aromatic nitrogens is 1. The van der Waals surface area contributed by atoms with Gasteiger partial charge in [0.05, 0.1) is 18.3 Å². The Morgan fingerprint density at radius 3 is 2.03 bits per heavy atom. The molecule has 3 aromatic rings. The number of carbonyl (C=O) groups excluding carboxylic acids is 1. The maximum absolute atomic E-state index is 13.5. The van der Waals surface area contributed by atoms with Gasteiger partial charge in [0.2, 0.25) is 0 Å². The van der Waals surface area contributed by atoms with Crippen molar-refractivity contribution in [2.24, 2.45) is 0 Å². The van der Waals surface area contributed by atoms with Gasteiger partial charge in [0.25, 0.3) is 0 Å². The smallest absolute Gasteiger partial charge is 0.411 e. The number of nitrogens with one attached hydrogen (secondary N) is 1. The summed E-state index contributed by atoms with van der Waals surface area (Å²) >= 11 is 0. The van der Waals surface area contributed by atoms with Gasteiger partial charge in [0, 0.05) is 26.2 Å². The van der Waals surface area contributed by atoms with Crippen LogP contribution in [0.4, 0.5) is 30.9 Å². The van der Waals surface area contributed by atoms with Crippen molar-refractivity contribution >= 4 is 23.4 Å². The third-order valence-corrected chi connectivity index (χ3v) is 5.80. The molecular weight excluding hydrogens is 440 g/mol. The van der Waals surface area contributed by atoms with Crippen molar-refractivity contribution < 1.29 is 18.3 Å². The summed E-state index contributed by atoms with van der Waals surface area (Å²) in [6.45, 7) is 4.79. The number of piperazine rings is 1. The molecule has 1 fully saturated rings. The monoisotopic (exact) mass is 467 g/mol. The molecule has 1 saturated heterocycles. The summed E-state index contributed by atoms with van der Waals surface area (Å²) in [7, 11) is 0. The van der Waals surface area contributed by atoms with E-state index in [-0.39, 0.29) is 30.1 Å². The molecule has 0 saturated carbocycles. The lowest BCUT2D eigenvalue weighted by Gasteiger charge is -2.40. The Labute approximate surface area is 197 Å². The molecule has 1 aromatic heterocycles. The minimum Gasteiger partial charge on any atom is -0.450 e. The van der Waals surface area contributed by atoms with Crippen LogP contribution in [-0.4, -0.2) is 48.8 Å². The molecule has 34 heavy (non-hydrogen) atoms. The summed E-state index contributed by atoms with van der Waals surface area (Å²) in [5.41, 5.74) is 8.33. The topological polar surface area (TPSA) is 83.7 Å². The summed E-state index contributed by atoms with van der Waals surface area (Å²) in [4.78, 5) is 20.5. The Balaban J connectivity index is 1.48. The standard InChI is InChI=1S/C25H27F2N5O2/c1-2-34-25(33)29-21-11-12-22(30-24(21)28)31-13-15-32(16-14-31)23(17-3-7-19(26)8-4-17)18-5-9-20(27)10-6-18/h3-12,23H,2,13-16H2,1H3,(H2,28,30)(H,29,33). The van der Waals surface area contributed by atoms with E-state index in [4.69, 9.17) is 10.5 Å². The predicted molar refractivity (Wildman–Crippen MR) is 128 cm³/mol. The number of hydrogen-bond donors (Lipinski definition) is 2. The van der Waals surface area contributed by atoms with Gasteiger partial charge in [0.15, 0.2) is 0 Å². The predicted octanol–water partition coefficient (Wildman–Crippen LogP) is 4.42. The molecule has 4 rings (SSSR count). The summed E-state index contributed by atoms with van der Waals surface area (Å²) < 4.78 is 32.0. The number of nitrogens with two attached hydrogens (primary N) is 1. The molecule has 1 aliphatic heterocycles. The molecule has 1 amide bonds. The van der Waals surface area contributed by atoms with E-state index in [0.29, 0.717) is 37.7 Å². The number of anilines is 3. The fraction of sp³-hybridized carbons (Fsp3) is 0.280. The highest BCUT2D eigenvalue weighted by Gasteiger charge is 2.27. The van der Waals surface area contributed by atoms with Gasteiger partial charge in [-0.3, -0.25) is 10.2 Å². The van der Waals surface area contributed by atoms with E-state index in [1.54, 1.807) is 37.3 Å². The molecule has 0 bridgehead atoms. The van der Waals surface area contributed by atoms with Crippen molar-refractivity contribution in [3.8, 4) is 0 Å². The molecule has 0 spiro atoms. The lowest BCUT2D eigenvalue weighted by atomic mass is 9.96.